The van der Waals surface area contributed by atoms with Crippen LogP contribution in [0.3, 0.4) is 0 Å². The highest BCUT2D eigenvalue weighted by molar-refractivity contribution is 5.94. The molecule has 6 heteroatoms. The molecule has 13 rings (SSSR count). The Morgan fingerprint density at radius 2 is 1.27 bits per heavy atom. The lowest BCUT2D eigenvalue weighted by Crippen LogP contribution is -2.29. The van der Waals surface area contributed by atoms with Crippen molar-refractivity contribution in [2.75, 3.05) is 4.90 Å². The van der Waals surface area contributed by atoms with Gasteiger partial charge in [0.2, 0.25) is 0 Å². The standard InChI is InChI=1S/C54H36N4O2/c1-2-12-32(13-3-1)33-22-24-34(25-23-33)52-55-53(57-54(56-52)42-27-26-39-38-17-7-10-20-47(38)59-50(39)42)41-28-29-45(51-49(41)40-18-8-11-21-48(40)60-51)58-44-19-9-6-16-37(44)43-30-35-14-4-5-15-36(35)31-46(43)58/h1-31,37,40,42,44,48H. The maximum atomic E-state index is 7.06. The van der Waals surface area contributed by atoms with Gasteiger partial charge in [-0.1, -0.05) is 152 Å². The number of nitrogens with zero attached hydrogens (tertiary/aromatic N) is 4. The zero-order chi connectivity index (χ0) is 39.3. The van der Waals surface area contributed by atoms with E-state index in [4.69, 9.17) is 24.1 Å². The lowest BCUT2D eigenvalue weighted by atomic mass is 9.87. The van der Waals surface area contributed by atoms with Crippen LogP contribution in [0, 0.1) is 0 Å². The van der Waals surface area contributed by atoms with E-state index in [9.17, 15) is 0 Å². The van der Waals surface area contributed by atoms with E-state index in [0.29, 0.717) is 17.5 Å². The number of ether oxygens (including phenoxy) is 1. The molecule has 3 aliphatic carbocycles. The van der Waals surface area contributed by atoms with Gasteiger partial charge in [0.25, 0.3) is 0 Å². The molecule has 5 atom stereocenters. The molecule has 0 spiro atoms. The summed E-state index contributed by atoms with van der Waals surface area (Å²) in [5.74, 6) is 3.53. The molecule has 0 saturated carbocycles. The van der Waals surface area contributed by atoms with E-state index in [1.54, 1.807) is 0 Å². The second-order valence-corrected chi connectivity index (χ2v) is 16.2. The smallest absolute Gasteiger partial charge is 0.164 e. The Morgan fingerprint density at radius 3 is 2.15 bits per heavy atom. The average molecular weight is 773 g/mol. The molecule has 2 aliphatic heterocycles. The molecule has 0 fully saturated rings. The van der Waals surface area contributed by atoms with E-state index in [0.717, 1.165) is 61.5 Å². The number of benzene rings is 6. The third-order valence-corrected chi connectivity index (χ3v) is 12.8. The van der Waals surface area contributed by atoms with Gasteiger partial charge in [-0.2, -0.15) is 0 Å². The molecule has 284 valence electrons. The van der Waals surface area contributed by atoms with Gasteiger partial charge in [-0.05, 0) is 63.9 Å². The summed E-state index contributed by atoms with van der Waals surface area (Å²) in [6.07, 6.45) is 21.8. The van der Waals surface area contributed by atoms with Gasteiger partial charge in [0.1, 0.15) is 29.0 Å². The highest BCUT2D eigenvalue weighted by Crippen LogP contribution is 2.56. The van der Waals surface area contributed by atoms with Gasteiger partial charge in [0, 0.05) is 45.2 Å². The number of fused-ring (bicyclic) bond motifs is 10. The SMILES string of the molecule is C1=CC2Oc3c(N4c5cc6ccccc6cc5C5C=CC=CC54)ccc(-c4nc(-c5ccc(-c6ccccc6)cc5)nc(C5C=Cc6c5oc5ccccc65)n4)c3C2C=C1. The zero-order valence-corrected chi connectivity index (χ0v) is 32.4. The van der Waals surface area contributed by atoms with E-state index in [2.05, 4.69) is 175 Å². The first-order valence-electron chi connectivity index (χ1n) is 20.7. The van der Waals surface area contributed by atoms with E-state index in [-0.39, 0.29) is 29.9 Å². The van der Waals surface area contributed by atoms with Crippen molar-refractivity contribution in [2.45, 2.75) is 29.9 Å². The van der Waals surface area contributed by atoms with Gasteiger partial charge in [-0.25, -0.2) is 15.0 Å². The molecule has 0 radical (unpaired) electrons. The second-order valence-electron chi connectivity index (χ2n) is 16.2. The quantitative estimate of drug-likeness (QED) is 0.174. The summed E-state index contributed by atoms with van der Waals surface area (Å²) in [5, 5.41) is 3.56. The van der Waals surface area contributed by atoms with Crippen molar-refractivity contribution in [1.29, 1.82) is 0 Å². The van der Waals surface area contributed by atoms with Crippen LogP contribution in [0.15, 0.2) is 186 Å². The highest BCUT2D eigenvalue weighted by Gasteiger charge is 2.43. The molecule has 0 N–H and O–H groups in total. The molecule has 5 unspecified atom stereocenters. The number of allylic oxidation sites excluding steroid dienone is 5. The Kier molecular flexibility index (Phi) is 7.22. The van der Waals surface area contributed by atoms with Crippen molar-refractivity contribution >= 4 is 39.2 Å². The molecular formula is C54H36N4O2. The summed E-state index contributed by atoms with van der Waals surface area (Å²) < 4.78 is 13.6. The van der Waals surface area contributed by atoms with Crippen molar-refractivity contribution in [3.8, 4) is 39.7 Å². The van der Waals surface area contributed by atoms with Crippen LogP contribution in [0.5, 0.6) is 5.75 Å². The first-order chi connectivity index (χ1) is 29.7. The molecule has 0 amide bonds. The number of furan rings is 1. The van der Waals surface area contributed by atoms with Crippen LogP contribution in [0.2, 0.25) is 0 Å². The predicted molar refractivity (Wildman–Crippen MR) is 240 cm³/mol. The average Bonchev–Trinajstić information content (AvgIpc) is 4.08. The summed E-state index contributed by atoms with van der Waals surface area (Å²) in [6.45, 7) is 0. The largest absolute Gasteiger partial charge is 0.483 e. The first kappa shape index (κ1) is 33.4. The fraction of sp³-hybridized carbons (Fsp3) is 0.0926. The minimum Gasteiger partial charge on any atom is -0.483 e. The molecule has 2 aromatic heterocycles. The van der Waals surface area contributed by atoms with Crippen molar-refractivity contribution in [1.82, 2.24) is 15.0 Å². The van der Waals surface area contributed by atoms with Crippen molar-refractivity contribution in [3.63, 3.8) is 0 Å². The molecule has 6 aromatic carbocycles. The van der Waals surface area contributed by atoms with E-state index in [1.807, 2.05) is 18.2 Å². The third-order valence-electron chi connectivity index (χ3n) is 12.8. The monoisotopic (exact) mass is 772 g/mol. The maximum Gasteiger partial charge on any atom is 0.164 e. The topological polar surface area (TPSA) is 64.3 Å². The minimum absolute atomic E-state index is 0.0154. The van der Waals surface area contributed by atoms with Gasteiger partial charge < -0.3 is 14.1 Å². The predicted octanol–water partition coefficient (Wildman–Crippen LogP) is 12.6. The van der Waals surface area contributed by atoms with Gasteiger partial charge in [-0.3, -0.25) is 0 Å². The Labute approximate surface area is 346 Å². The Morgan fingerprint density at radius 1 is 0.550 bits per heavy atom. The second kappa shape index (κ2) is 13.0. The number of rotatable bonds is 5. The van der Waals surface area contributed by atoms with Crippen LogP contribution >= 0.6 is 0 Å². The fourth-order valence-corrected chi connectivity index (χ4v) is 10.0. The Bertz CT molecular complexity index is 3230. The van der Waals surface area contributed by atoms with Crippen LogP contribution < -0.4 is 9.64 Å². The number of anilines is 2. The molecule has 4 heterocycles. The van der Waals surface area contributed by atoms with E-state index >= 15 is 0 Å². The van der Waals surface area contributed by atoms with Crippen LogP contribution in [0.4, 0.5) is 11.4 Å². The van der Waals surface area contributed by atoms with Crippen molar-refractivity contribution in [3.05, 3.63) is 210 Å². The number of para-hydroxylation sites is 1. The normalized spacial score (nSPS) is 21.3. The summed E-state index contributed by atoms with van der Waals surface area (Å²) in [7, 11) is 0. The molecule has 60 heavy (non-hydrogen) atoms. The number of aromatic nitrogens is 3. The van der Waals surface area contributed by atoms with Crippen molar-refractivity contribution in [2.24, 2.45) is 0 Å². The molecule has 5 aliphatic rings. The third kappa shape index (κ3) is 5.04. The van der Waals surface area contributed by atoms with Gasteiger partial charge >= 0.3 is 0 Å². The molecular weight excluding hydrogens is 737 g/mol. The lowest BCUT2D eigenvalue weighted by molar-refractivity contribution is 0.269. The highest BCUT2D eigenvalue weighted by atomic mass is 16.5. The summed E-state index contributed by atoms with van der Waals surface area (Å²) >= 11 is 0. The van der Waals surface area contributed by atoms with Crippen LogP contribution in [0.1, 0.15) is 46.0 Å². The molecule has 0 saturated heterocycles. The van der Waals surface area contributed by atoms with Gasteiger partial charge in [0.05, 0.1) is 17.6 Å². The van der Waals surface area contributed by atoms with Crippen LogP contribution in [-0.2, 0) is 0 Å². The molecule has 8 aromatic rings. The summed E-state index contributed by atoms with van der Waals surface area (Å²) in [4.78, 5) is 18.4. The van der Waals surface area contributed by atoms with E-state index < -0.39 is 0 Å². The fourth-order valence-electron chi connectivity index (χ4n) is 10.0. The van der Waals surface area contributed by atoms with Gasteiger partial charge in [0.15, 0.2) is 11.6 Å². The van der Waals surface area contributed by atoms with E-state index in [1.165, 1.54) is 22.0 Å². The van der Waals surface area contributed by atoms with Gasteiger partial charge in [-0.15, -0.1) is 0 Å². The first-order valence-corrected chi connectivity index (χ1v) is 20.7. The Balaban J connectivity index is 1.00. The van der Waals surface area contributed by atoms with Crippen LogP contribution in [-0.4, -0.2) is 27.1 Å². The summed E-state index contributed by atoms with van der Waals surface area (Å²) in [5.41, 5.74) is 10.8. The zero-order valence-electron chi connectivity index (χ0n) is 32.4. The lowest BCUT2D eigenvalue weighted by Gasteiger charge is -2.30. The molecule has 0 bridgehead atoms. The summed E-state index contributed by atoms with van der Waals surface area (Å²) in [6, 6.07) is 45.0. The number of hydrogen-bond acceptors (Lipinski definition) is 6. The van der Waals surface area contributed by atoms with Crippen molar-refractivity contribution < 1.29 is 9.15 Å². The maximum absolute atomic E-state index is 7.06. The number of hydrogen-bond donors (Lipinski definition) is 0. The molecule has 6 nitrogen and oxygen atoms in total. The minimum atomic E-state index is -0.274. The Hall–Kier alpha value is -7.57. The van der Waals surface area contributed by atoms with Crippen LogP contribution in [0.25, 0.3) is 61.7 Å².